The Balaban J connectivity index is 1.66. The molecule has 1 saturated carbocycles. The van der Waals surface area contributed by atoms with Crippen molar-refractivity contribution in [3.63, 3.8) is 0 Å². The first-order valence-corrected chi connectivity index (χ1v) is 9.95. The predicted molar refractivity (Wildman–Crippen MR) is 102 cm³/mol. The van der Waals surface area contributed by atoms with Gasteiger partial charge in [-0.3, -0.25) is 9.88 Å². The second-order valence-corrected chi connectivity index (χ2v) is 8.59. The molecule has 0 amide bonds. The van der Waals surface area contributed by atoms with Crippen molar-refractivity contribution in [2.45, 2.75) is 31.4 Å². The number of benzene rings is 1. The Morgan fingerprint density at radius 1 is 1.33 bits per heavy atom. The zero-order chi connectivity index (χ0) is 18.6. The van der Waals surface area contributed by atoms with Gasteiger partial charge < -0.3 is 9.84 Å². The van der Waals surface area contributed by atoms with Gasteiger partial charge in [-0.1, -0.05) is 6.07 Å². The van der Waals surface area contributed by atoms with E-state index >= 15 is 0 Å². The number of thiazole rings is 1. The Bertz CT molecular complexity index is 1020. The molecule has 0 bridgehead atoms. The molecule has 27 heavy (non-hydrogen) atoms. The fourth-order valence-corrected chi connectivity index (χ4v) is 4.81. The molecule has 1 unspecified atom stereocenters. The van der Waals surface area contributed by atoms with Crippen molar-refractivity contribution in [1.29, 1.82) is 0 Å². The molecule has 1 N–H and O–H groups in total. The van der Waals surface area contributed by atoms with Crippen LogP contribution in [0, 0.1) is 12.7 Å². The van der Waals surface area contributed by atoms with Crippen LogP contribution in [0.25, 0.3) is 10.2 Å². The molecule has 2 aliphatic rings. The number of fused-ring (bicyclic) bond motifs is 1. The number of pyridine rings is 1. The summed E-state index contributed by atoms with van der Waals surface area (Å²) in [6, 6.07) is 6.37. The van der Waals surface area contributed by atoms with Gasteiger partial charge in [0.25, 0.3) is 0 Å². The summed E-state index contributed by atoms with van der Waals surface area (Å²) in [7, 11) is 0. The van der Waals surface area contributed by atoms with E-state index in [9.17, 15) is 9.50 Å². The van der Waals surface area contributed by atoms with Crippen LogP contribution in [0.4, 0.5) is 4.39 Å². The molecule has 1 atom stereocenters. The SMILES string of the molecule is Cc1nc2c(O)c(C(c3ncccc3F)N3CCOC4(CC4)C3)ccc2s1. The quantitative estimate of drug-likeness (QED) is 0.743. The second kappa shape index (κ2) is 6.22. The Labute approximate surface area is 160 Å². The lowest BCUT2D eigenvalue weighted by Crippen LogP contribution is -2.46. The highest BCUT2D eigenvalue weighted by molar-refractivity contribution is 7.18. The van der Waals surface area contributed by atoms with Gasteiger partial charge in [0.15, 0.2) is 0 Å². The lowest BCUT2D eigenvalue weighted by molar-refractivity contribution is -0.0563. The number of aryl methyl sites for hydroxylation is 1. The molecule has 7 heteroatoms. The molecule has 5 rings (SSSR count). The van der Waals surface area contributed by atoms with Gasteiger partial charge in [-0.2, -0.15) is 0 Å². The third kappa shape index (κ3) is 2.90. The van der Waals surface area contributed by atoms with E-state index in [0.29, 0.717) is 36.5 Å². The molecule has 2 fully saturated rings. The number of aromatic hydroxyl groups is 1. The molecule has 3 aromatic rings. The summed E-state index contributed by atoms with van der Waals surface area (Å²) in [6.07, 6.45) is 3.65. The van der Waals surface area contributed by atoms with Crippen LogP contribution in [0.3, 0.4) is 0 Å². The lowest BCUT2D eigenvalue weighted by atomic mass is 9.98. The third-order valence-electron chi connectivity index (χ3n) is 5.46. The van der Waals surface area contributed by atoms with Crippen LogP contribution in [0.15, 0.2) is 30.5 Å². The number of hydrogen-bond donors (Lipinski definition) is 1. The molecule has 1 spiro atoms. The second-order valence-electron chi connectivity index (χ2n) is 7.36. The monoisotopic (exact) mass is 385 g/mol. The van der Waals surface area contributed by atoms with Gasteiger partial charge in [-0.25, -0.2) is 9.37 Å². The van der Waals surface area contributed by atoms with Gasteiger partial charge in [0.2, 0.25) is 0 Å². The fourth-order valence-electron chi connectivity index (χ4n) is 3.98. The number of halogens is 1. The van der Waals surface area contributed by atoms with Crippen LogP contribution in [-0.2, 0) is 4.74 Å². The Morgan fingerprint density at radius 3 is 2.96 bits per heavy atom. The van der Waals surface area contributed by atoms with Crippen molar-refractivity contribution in [2.24, 2.45) is 0 Å². The van der Waals surface area contributed by atoms with E-state index in [1.807, 2.05) is 19.1 Å². The van der Waals surface area contributed by atoms with E-state index in [4.69, 9.17) is 4.74 Å². The average Bonchev–Trinajstić information content (AvgIpc) is 3.27. The van der Waals surface area contributed by atoms with Crippen molar-refractivity contribution in [2.75, 3.05) is 19.7 Å². The third-order valence-corrected chi connectivity index (χ3v) is 6.40. The number of rotatable bonds is 3. The zero-order valence-electron chi connectivity index (χ0n) is 15.0. The number of hydrogen-bond acceptors (Lipinski definition) is 6. The van der Waals surface area contributed by atoms with Crippen molar-refractivity contribution in [1.82, 2.24) is 14.9 Å². The number of phenolic OH excluding ortho intramolecular Hbond substituents is 1. The highest BCUT2D eigenvalue weighted by Crippen LogP contribution is 2.46. The number of morpholine rings is 1. The maximum Gasteiger partial charge on any atom is 0.147 e. The molecule has 140 valence electrons. The van der Waals surface area contributed by atoms with Crippen molar-refractivity contribution in [3.8, 4) is 5.75 Å². The summed E-state index contributed by atoms with van der Waals surface area (Å²) >= 11 is 1.54. The minimum absolute atomic E-state index is 0.112. The molecule has 1 aliphatic carbocycles. The van der Waals surface area contributed by atoms with E-state index in [1.165, 1.54) is 17.4 Å². The van der Waals surface area contributed by atoms with Crippen LogP contribution >= 0.6 is 11.3 Å². The summed E-state index contributed by atoms with van der Waals surface area (Å²) in [5, 5.41) is 11.9. The molecule has 1 saturated heterocycles. The van der Waals surface area contributed by atoms with Gasteiger partial charge in [0, 0.05) is 24.8 Å². The molecular formula is C20H20FN3O2S. The van der Waals surface area contributed by atoms with E-state index in [2.05, 4.69) is 14.9 Å². The van der Waals surface area contributed by atoms with Crippen LogP contribution in [0.5, 0.6) is 5.75 Å². The molecule has 2 aromatic heterocycles. The van der Waals surface area contributed by atoms with Crippen LogP contribution < -0.4 is 0 Å². The zero-order valence-corrected chi connectivity index (χ0v) is 15.8. The first kappa shape index (κ1) is 17.0. The van der Waals surface area contributed by atoms with Crippen LogP contribution in [0.2, 0.25) is 0 Å². The van der Waals surface area contributed by atoms with Gasteiger partial charge in [-0.15, -0.1) is 11.3 Å². The predicted octanol–water partition coefficient (Wildman–Crippen LogP) is 3.80. The minimum Gasteiger partial charge on any atom is -0.505 e. The Hall–Kier alpha value is -2.09. The number of phenols is 1. The van der Waals surface area contributed by atoms with E-state index in [-0.39, 0.29) is 17.2 Å². The van der Waals surface area contributed by atoms with Gasteiger partial charge >= 0.3 is 0 Å². The first-order valence-electron chi connectivity index (χ1n) is 9.14. The topological polar surface area (TPSA) is 58.5 Å². The maximum atomic E-state index is 14.7. The fraction of sp³-hybridized carbons (Fsp3) is 0.400. The molecule has 1 aromatic carbocycles. The Morgan fingerprint density at radius 2 is 2.19 bits per heavy atom. The number of nitrogens with zero attached hydrogens (tertiary/aromatic N) is 3. The number of aromatic nitrogens is 2. The van der Waals surface area contributed by atoms with Crippen molar-refractivity contribution < 1.29 is 14.2 Å². The summed E-state index contributed by atoms with van der Waals surface area (Å²) in [5.74, 6) is -0.254. The van der Waals surface area contributed by atoms with E-state index in [1.54, 1.807) is 12.3 Å². The summed E-state index contributed by atoms with van der Waals surface area (Å²) < 4.78 is 21.6. The molecule has 5 nitrogen and oxygen atoms in total. The van der Waals surface area contributed by atoms with Crippen LogP contribution in [0.1, 0.15) is 35.1 Å². The standard InChI is InChI=1S/C20H20FN3O2S/c1-12-23-17-15(27-12)5-4-13(19(17)25)18(16-14(21)3-2-8-22-16)24-9-10-26-20(11-24)6-7-20/h2-5,8,18,25H,6-7,9-11H2,1H3. The molecular weight excluding hydrogens is 365 g/mol. The van der Waals surface area contributed by atoms with E-state index in [0.717, 1.165) is 22.5 Å². The smallest absolute Gasteiger partial charge is 0.147 e. The van der Waals surface area contributed by atoms with E-state index < -0.39 is 6.04 Å². The number of ether oxygens (including phenoxy) is 1. The largest absolute Gasteiger partial charge is 0.505 e. The van der Waals surface area contributed by atoms with Gasteiger partial charge in [0.1, 0.15) is 17.1 Å². The molecule has 1 aliphatic heterocycles. The normalized spacial score (nSPS) is 20.2. The summed E-state index contributed by atoms with van der Waals surface area (Å²) in [6.45, 7) is 3.89. The minimum atomic E-state index is -0.473. The highest BCUT2D eigenvalue weighted by atomic mass is 32.1. The average molecular weight is 385 g/mol. The van der Waals surface area contributed by atoms with Crippen molar-refractivity contribution >= 4 is 21.6 Å². The molecule has 3 heterocycles. The van der Waals surface area contributed by atoms with Crippen molar-refractivity contribution in [3.05, 3.63) is 52.5 Å². The summed E-state index contributed by atoms with van der Waals surface area (Å²) in [4.78, 5) is 11.0. The maximum absolute atomic E-state index is 14.7. The summed E-state index contributed by atoms with van der Waals surface area (Å²) in [5.41, 5.74) is 1.43. The molecule has 0 radical (unpaired) electrons. The Kier molecular flexibility index (Phi) is 3.93. The van der Waals surface area contributed by atoms with Gasteiger partial charge in [0.05, 0.1) is 33.7 Å². The van der Waals surface area contributed by atoms with Gasteiger partial charge in [-0.05, 0) is 38.0 Å². The first-order chi connectivity index (χ1) is 13.1. The highest BCUT2D eigenvalue weighted by Gasteiger charge is 2.49. The van der Waals surface area contributed by atoms with Crippen LogP contribution in [-0.4, -0.2) is 45.3 Å². The lowest BCUT2D eigenvalue weighted by Gasteiger charge is -2.38.